The van der Waals surface area contributed by atoms with Crippen LogP contribution in [-0.2, 0) is 23.9 Å². The third kappa shape index (κ3) is 19.6. The molecule has 0 unspecified atom stereocenters. The number of aliphatic hydroxyl groups is 3. The van der Waals surface area contributed by atoms with Gasteiger partial charge in [-0.15, -0.1) is 0 Å². The predicted octanol–water partition coefficient (Wildman–Crippen LogP) is 7.00. The molecule has 1 saturated carbocycles. The number of hydrogen-bond donors (Lipinski definition) is 3. The highest BCUT2D eigenvalue weighted by atomic mass is 16.6. The van der Waals surface area contributed by atoms with E-state index in [4.69, 9.17) is 9.47 Å². The summed E-state index contributed by atoms with van der Waals surface area (Å²) < 4.78 is 10.5. The Labute approximate surface area is 267 Å². The SMILES string of the molecule is CCCCC[C@H](O)/C=C/[C@H]1[C@H](O)CC(=O)[C@@H]1CCCCCCC(=O)O[C@@H](CO)COC(=O)CCCCCCCCCC(C)C. The van der Waals surface area contributed by atoms with Crippen molar-refractivity contribution in [1.82, 2.24) is 0 Å². The molecular formula is C36H64O8. The first-order valence-corrected chi connectivity index (χ1v) is 17.7. The number of ketones is 1. The Morgan fingerprint density at radius 1 is 0.864 bits per heavy atom. The lowest BCUT2D eigenvalue weighted by molar-refractivity contribution is -0.161. The third-order valence-electron chi connectivity index (χ3n) is 8.63. The maximum Gasteiger partial charge on any atom is 0.306 e. The average Bonchev–Trinajstić information content (AvgIpc) is 3.26. The van der Waals surface area contributed by atoms with Crippen molar-refractivity contribution in [2.45, 2.75) is 167 Å². The van der Waals surface area contributed by atoms with Crippen LogP contribution in [0.2, 0.25) is 0 Å². The van der Waals surface area contributed by atoms with Crippen LogP contribution in [0.3, 0.4) is 0 Å². The van der Waals surface area contributed by atoms with Gasteiger partial charge in [0.25, 0.3) is 0 Å². The number of carbonyl (C=O) groups is 3. The van der Waals surface area contributed by atoms with E-state index in [9.17, 15) is 29.7 Å². The van der Waals surface area contributed by atoms with E-state index in [0.29, 0.717) is 25.7 Å². The number of carbonyl (C=O) groups excluding carboxylic acids is 3. The highest BCUT2D eigenvalue weighted by Gasteiger charge is 2.39. The summed E-state index contributed by atoms with van der Waals surface area (Å²) >= 11 is 0. The van der Waals surface area contributed by atoms with Crippen LogP contribution in [0.25, 0.3) is 0 Å². The monoisotopic (exact) mass is 624 g/mol. The maximum atomic E-state index is 12.5. The largest absolute Gasteiger partial charge is 0.462 e. The highest BCUT2D eigenvalue weighted by Crippen LogP contribution is 2.34. The molecule has 1 rings (SSSR count). The summed E-state index contributed by atoms with van der Waals surface area (Å²) in [5.41, 5.74) is 0. The van der Waals surface area contributed by atoms with Crippen LogP contribution in [0, 0.1) is 17.8 Å². The number of rotatable bonds is 27. The number of Topliss-reactive ketones (excluding diaryl/α,β-unsaturated/α-hetero) is 1. The molecule has 0 aromatic rings. The van der Waals surface area contributed by atoms with Crippen LogP contribution >= 0.6 is 0 Å². The van der Waals surface area contributed by atoms with Gasteiger partial charge in [0.2, 0.25) is 0 Å². The van der Waals surface area contributed by atoms with Gasteiger partial charge in [-0.05, 0) is 31.6 Å². The molecule has 256 valence electrons. The minimum atomic E-state index is -0.854. The van der Waals surface area contributed by atoms with Crippen molar-refractivity contribution >= 4 is 17.7 Å². The lowest BCUT2D eigenvalue weighted by Crippen LogP contribution is -2.28. The van der Waals surface area contributed by atoms with Crippen LogP contribution < -0.4 is 0 Å². The molecule has 1 aliphatic rings. The van der Waals surface area contributed by atoms with Crippen LogP contribution in [0.1, 0.15) is 149 Å². The van der Waals surface area contributed by atoms with Gasteiger partial charge < -0.3 is 24.8 Å². The van der Waals surface area contributed by atoms with Gasteiger partial charge in [0.1, 0.15) is 12.4 Å². The van der Waals surface area contributed by atoms with Gasteiger partial charge in [0, 0.05) is 31.1 Å². The molecule has 8 heteroatoms. The quantitative estimate of drug-likeness (QED) is 0.0506. The van der Waals surface area contributed by atoms with Gasteiger partial charge in [-0.2, -0.15) is 0 Å². The molecule has 0 amide bonds. The van der Waals surface area contributed by atoms with Crippen LogP contribution in [0.4, 0.5) is 0 Å². The van der Waals surface area contributed by atoms with Crippen molar-refractivity contribution in [2.24, 2.45) is 17.8 Å². The predicted molar refractivity (Wildman–Crippen MR) is 174 cm³/mol. The molecule has 1 fully saturated rings. The van der Waals surface area contributed by atoms with E-state index in [0.717, 1.165) is 63.7 Å². The zero-order valence-electron chi connectivity index (χ0n) is 28.1. The first-order chi connectivity index (χ1) is 21.2. The van der Waals surface area contributed by atoms with Crippen molar-refractivity contribution < 1.29 is 39.2 Å². The summed E-state index contributed by atoms with van der Waals surface area (Å²) in [6.07, 6.45) is 19.0. The average molecular weight is 625 g/mol. The summed E-state index contributed by atoms with van der Waals surface area (Å²) in [4.78, 5) is 36.7. The Hall–Kier alpha value is -1.77. The molecule has 0 bridgehead atoms. The summed E-state index contributed by atoms with van der Waals surface area (Å²) in [6, 6.07) is 0. The zero-order valence-corrected chi connectivity index (χ0v) is 28.1. The number of aliphatic hydroxyl groups excluding tert-OH is 3. The second-order valence-electron chi connectivity index (χ2n) is 13.2. The van der Waals surface area contributed by atoms with E-state index in [1.165, 1.54) is 32.1 Å². The zero-order chi connectivity index (χ0) is 32.6. The molecule has 0 aliphatic heterocycles. The van der Waals surface area contributed by atoms with Crippen molar-refractivity contribution in [3.05, 3.63) is 12.2 Å². The normalized spacial score (nSPS) is 20.0. The first kappa shape index (κ1) is 40.3. The Kier molecular flexibility index (Phi) is 23.3. The molecule has 5 atom stereocenters. The standard InChI is InChI=1S/C36H64O8/c1-4-5-13-19-29(38)23-24-32-31(33(39)25-34(32)40)20-15-11-12-17-22-36(42)44-30(26-37)27-43-35(41)21-16-10-8-6-7-9-14-18-28(2)3/h23-24,28-32,34,37-38,40H,4-22,25-27H2,1-3H3/b24-23+/t29-,30-,31+,32+,34+/m0/s1. The molecule has 0 radical (unpaired) electrons. The van der Waals surface area contributed by atoms with Gasteiger partial charge in [-0.3, -0.25) is 14.4 Å². The molecule has 0 aromatic carbocycles. The van der Waals surface area contributed by atoms with E-state index in [1.54, 1.807) is 6.08 Å². The molecule has 0 saturated heterocycles. The van der Waals surface area contributed by atoms with E-state index >= 15 is 0 Å². The highest BCUT2D eigenvalue weighted by molar-refractivity contribution is 5.84. The number of ether oxygens (including phenoxy) is 2. The minimum Gasteiger partial charge on any atom is -0.462 e. The summed E-state index contributed by atoms with van der Waals surface area (Å²) in [5.74, 6) is -0.386. The minimum absolute atomic E-state index is 0.0786. The van der Waals surface area contributed by atoms with Gasteiger partial charge in [0.15, 0.2) is 6.10 Å². The fourth-order valence-corrected chi connectivity index (χ4v) is 5.87. The van der Waals surface area contributed by atoms with E-state index in [2.05, 4.69) is 20.8 Å². The van der Waals surface area contributed by atoms with Crippen molar-refractivity contribution in [3.8, 4) is 0 Å². The lowest BCUT2D eigenvalue weighted by Gasteiger charge is -2.18. The topological polar surface area (TPSA) is 130 Å². The molecular weight excluding hydrogens is 560 g/mol. The number of hydrogen-bond acceptors (Lipinski definition) is 8. The van der Waals surface area contributed by atoms with E-state index < -0.39 is 30.9 Å². The second kappa shape index (κ2) is 25.4. The van der Waals surface area contributed by atoms with Gasteiger partial charge >= 0.3 is 11.9 Å². The van der Waals surface area contributed by atoms with Gasteiger partial charge in [0.05, 0.1) is 18.8 Å². The van der Waals surface area contributed by atoms with Crippen molar-refractivity contribution in [2.75, 3.05) is 13.2 Å². The second-order valence-corrected chi connectivity index (χ2v) is 13.2. The summed E-state index contributed by atoms with van der Waals surface area (Å²) in [6.45, 7) is 6.09. The Balaban J connectivity index is 2.16. The third-order valence-corrected chi connectivity index (χ3v) is 8.63. The maximum absolute atomic E-state index is 12.5. The number of esters is 2. The molecule has 0 spiro atoms. The van der Waals surface area contributed by atoms with Crippen LogP contribution in [-0.4, -0.2) is 64.6 Å². The van der Waals surface area contributed by atoms with Crippen LogP contribution in [0.15, 0.2) is 12.2 Å². The fraction of sp³-hybridized carbons (Fsp3) is 0.861. The van der Waals surface area contributed by atoms with Crippen molar-refractivity contribution in [3.63, 3.8) is 0 Å². The van der Waals surface area contributed by atoms with Crippen molar-refractivity contribution in [1.29, 1.82) is 0 Å². The molecule has 3 N–H and O–H groups in total. The van der Waals surface area contributed by atoms with Gasteiger partial charge in [-0.1, -0.05) is 116 Å². The lowest BCUT2D eigenvalue weighted by atomic mass is 9.88. The molecule has 8 nitrogen and oxygen atoms in total. The van der Waals surface area contributed by atoms with E-state index in [1.807, 2.05) is 6.08 Å². The van der Waals surface area contributed by atoms with Crippen LogP contribution in [0.5, 0.6) is 0 Å². The van der Waals surface area contributed by atoms with E-state index in [-0.39, 0.29) is 43.0 Å². The molecule has 44 heavy (non-hydrogen) atoms. The Morgan fingerprint density at radius 2 is 1.45 bits per heavy atom. The Morgan fingerprint density at radius 3 is 2.09 bits per heavy atom. The summed E-state index contributed by atoms with van der Waals surface area (Å²) in [7, 11) is 0. The molecule has 0 aromatic heterocycles. The summed E-state index contributed by atoms with van der Waals surface area (Å²) in [5, 5.41) is 30.1. The van der Waals surface area contributed by atoms with Gasteiger partial charge in [-0.25, -0.2) is 0 Å². The first-order valence-electron chi connectivity index (χ1n) is 17.7. The molecule has 0 heterocycles. The smallest absolute Gasteiger partial charge is 0.306 e. The fourth-order valence-electron chi connectivity index (χ4n) is 5.87. The number of unbranched alkanes of at least 4 members (excludes halogenated alkanes) is 11. The Bertz CT molecular complexity index is 795. The molecule has 1 aliphatic carbocycles.